The number of furan rings is 1. The minimum Gasteiger partial charge on any atom is -0.452 e. The molecule has 8 heteroatoms. The van der Waals surface area contributed by atoms with Crippen molar-refractivity contribution in [1.29, 1.82) is 0 Å². The minimum absolute atomic E-state index is 0.115. The average molecular weight is 325 g/mol. The summed E-state index contributed by atoms with van der Waals surface area (Å²) in [5.74, 6) is 1.11. The Labute approximate surface area is 132 Å². The van der Waals surface area contributed by atoms with Crippen molar-refractivity contribution in [2.75, 3.05) is 13.7 Å². The van der Waals surface area contributed by atoms with Crippen LogP contribution in [0.3, 0.4) is 0 Å². The Balaban J connectivity index is 1.84. The Morgan fingerprint density at radius 2 is 2.45 bits per heavy atom. The molecule has 0 aromatic carbocycles. The van der Waals surface area contributed by atoms with Crippen LogP contribution in [-0.4, -0.2) is 39.6 Å². The second kappa shape index (κ2) is 6.50. The van der Waals surface area contributed by atoms with Crippen molar-refractivity contribution in [3.63, 3.8) is 0 Å². The fraction of sp³-hybridized carbons (Fsp3) is 0.500. The highest BCUT2D eigenvalue weighted by molar-refractivity contribution is 6.32. The van der Waals surface area contributed by atoms with Crippen molar-refractivity contribution in [2.24, 2.45) is 0 Å². The number of nitrogens with one attached hydrogen (secondary N) is 1. The van der Waals surface area contributed by atoms with Gasteiger partial charge in [-0.15, -0.1) is 0 Å². The molecule has 1 aliphatic heterocycles. The van der Waals surface area contributed by atoms with Crippen molar-refractivity contribution < 1.29 is 13.9 Å². The smallest absolute Gasteiger partial charge is 0.259 e. The molecule has 1 N–H and O–H groups in total. The molecule has 0 saturated carbocycles. The van der Waals surface area contributed by atoms with Gasteiger partial charge in [0.15, 0.2) is 11.6 Å². The molecule has 0 radical (unpaired) electrons. The Morgan fingerprint density at radius 1 is 1.59 bits per heavy atom. The number of H-pyrrole nitrogens is 1. The van der Waals surface area contributed by atoms with E-state index in [2.05, 4.69) is 15.2 Å². The molecular formula is C14H17ClN4O3. The third-order valence-electron chi connectivity index (χ3n) is 3.74. The standard InChI is InChI=1S/C14H17ClN4O3/c1-21-8-11-16-13(18-17-11)10-4-2-3-6-19(10)14(20)9-5-7-22-12(9)15/h5,7,10H,2-4,6,8H2,1H3,(H,16,17,18)/t10-/m1/s1. The number of halogens is 1. The van der Waals surface area contributed by atoms with Gasteiger partial charge in [0.05, 0.1) is 17.9 Å². The van der Waals surface area contributed by atoms with Crippen LogP contribution in [0.1, 0.15) is 47.3 Å². The zero-order valence-corrected chi connectivity index (χ0v) is 13.0. The highest BCUT2D eigenvalue weighted by atomic mass is 35.5. The van der Waals surface area contributed by atoms with Gasteiger partial charge in [-0.3, -0.25) is 9.89 Å². The van der Waals surface area contributed by atoms with Gasteiger partial charge in [-0.1, -0.05) is 0 Å². The van der Waals surface area contributed by atoms with Gasteiger partial charge in [0, 0.05) is 13.7 Å². The number of carbonyl (C=O) groups excluding carboxylic acids is 1. The molecule has 118 valence electrons. The first kappa shape index (κ1) is 15.1. The van der Waals surface area contributed by atoms with Gasteiger partial charge in [-0.2, -0.15) is 5.10 Å². The van der Waals surface area contributed by atoms with E-state index in [-0.39, 0.29) is 17.2 Å². The van der Waals surface area contributed by atoms with Gasteiger partial charge < -0.3 is 14.1 Å². The van der Waals surface area contributed by atoms with E-state index >= 15 is 0 Å². The van der Waals surface area contributed by atoms with Crippen LogP contribution in [0, 0.1) is 0 Å². The normalized spacial score (nSPS) is 18.6. The molecule has 1 aliphatic rings. The predicted octanol–water partition coefficient (Wildman–Crippen LogP) is 2.56. The maximum Gasteiger partial charge on any atom is 0.259 e. The molecule has 3 rings (SSSR count). The Kier molecular flexibility index (Phi) is 4.44. The van der Waals surface area contributed by atoms with Crippen molar-refractivity contribution in [1.82, 2.24) is 20.1 Å². The molecule has 22 heavy (non-hydrogen) atoms. The fourth-order valence-corrected chi connectivity index (χ4v) is 2.90. The van der Waals surface area contributed by atoms with Crippen LogP contribution in [0.15, 0.2) is 16.7 Å². The maximum atomic E-state index is 12.7. The van der Waals surface area contributed by atoms with Gasteiger partial charge in [-0.25, -0.2) is 4.98 Å². The largest absolute Gasteiger partial charge is 0.452 e. The molecular weight excluding hydrogens is 308 g/mol. The third-order valence-corrected chi connectivity index (χ3v) is 4.03. The Hall–Kier alpha value is -1.86. The first-order valence-electron chi connectivity index (χ1n) is 7.14. The average Bonchev–Trinajstić information content (AvgIpc) is 3.16. The van der Waals surface area contributed by atoms with Gasteiger partial charge in [-0.05, 0) is 36.9 Å². The SMILES string of the molecule is COCc1nc([C@H]2CCCCN2C(=O)c2ccoc2Cl)n[nH]1. The third kappa shape index (κ3) is 2.86. The van der Waals surface area contributed by atoms with E-state index in [1.54, 1.807) is 18.1 Å². The molecule has 1 fully saturated rings. The topological polar surface area (TPSA) is 84.2 Å². The summed E-state index contributed by atoms with van der Waals surface area (Å²) in [6.07, 6.45) is 4.22. The second-order valence-electron chi connectivity index (χ2n) is 5.19. The summed E-state index contributed by atoms with van der Waals surface area (Å²) in [4.78, 5) is 18.9. The molecule has 2 aromatic rings. The second-order valence-corrected chi connectivity index (χ2v) is 5.53. The number of piperidine rings is 1. The number of aromatic nitrogens is 3. The highest BCUT2D eigenvalue weighted by Crippen LogP contribution is 2.31. The van der Waals surface area contributed by atoms with Crippen molar-refractivity contribution in [3.8, 4) is 0 Å². The number of rotatable bonds is 4. The van der Waals surface area contributed by atoms with Crippen LogP contribution in [0.4, 0.5) is 0 Å². The van der Waals surface area contributed by atoms with E-state index in [0.717, 1.165) is 19.3 Å². The van der Waals surface area contributed by atoms with Crippen LogP contribution < -0.4 is 0 Å². The summed E-state index contributed by atoms with van der Waals surface area (Å²) in [6, 6.07) is 1.43. The number of amides is 1. The monoisotopic (exact) mass is 324 g/mol. The zero-order valence-electron chi connectivity index (χ0n) is 12.2. The van der Waals surface area contributed by atoms with Crippen LogP contribution >= 0.6 is 11.6 Å². The van der Waals surface area contributed by atoms with Gasteiger partial charge in [0.1, 0.15) is 6.61 Å². The van der Waals surface area contributed by atoms with Gasteiger partial charge in [0.2, 0.25) is 5.22 Å². The molecule has 1 atom stereocenters. The van der Waals surface area contributed by atoms with Gasteiger partial charge in [0.25, 0.3) is 5.91 Å². The molecule has 3 heterocycles. The molecule has 0 unspecified atom stereocenters. The Morgan fingerprint density at radius 3 is 3.18 bits per heavy atom. The number of hydrogen-bond acceptors (Lipinski definition) is 5. The van der Waals surface area contributed by atoms with Crippen molar-refractivity contribution in [2.45, 2.75) is 31.9 Å². The van der Waals surface area contributed by atoms with Crippen LogP contribution in [0.25, 0.3) is 0 Å². The lowest BCUT2D eigenvalue weighted by molar-refractivity contribution is 0.0599. The van der Waals surface area contributed by atoms with E-state index in [4.69, 9.17) is 20.8 Å². The van der Waals surface area contributed by atoms with Crippen LogP contribution in [-0.2, 0) is 11.3 Å². The lowest BCUT2D eigenvalue weighted by Gasteiger charge is -2.33. The molecule has 0 spiro atoms. The van der Waals surface area contributed by atoms with E-state index in [1.807, 2.05) is 0 Å². The summed E-state index contributed by atoms with van der Waals surface area (Å²) in [5, 5.41) is 7.18. The number of ether oxygens (including phenoxy) is 1. The summed E-state index contributed by atoms with van der Waals surface area (Å²) in [5.41, 5.74) is 0.376. The number of likely N-dealkylation sites (tertiary alicyclic amines) is 1. The minimum atomic E-state index is -0.158. The summed E-state index contributed by atoms with van der Waals surface area (Å²) >= 11 is 5.92. The lowest BCUT2D eigenvalue weighted by atomic mass is 10.0. The summed E-state index contributed by atoms with van der Waals surface area (Å²) in [6.45, 7) is 1.01. The molecule has 7 nitrogen and oxygen atoms in total. The molecule has 2 aromatic heterocycles. The van der Waals surface area contributed by atoms with Crippen molar-refractivity contribution >= 4 is 17.5 Å². The van der Waals surface area contributed by atoms with Gasteiger partial charge >= 0.3 is 0 Å². The van der Waals surface area contributed by atoms with E-state index in [9.17, 15) is 4.79 Å². The fourth-order valence-electron chi connectivity index (χ4n) is 2.70. The zero-order chi connectivity index (χ0) is 15.5. The van der Waals surface area contributed by atoms with Crippen molar-refractivity contribution in [3.05, 3.63) is 34.8 Å². The van der Waals surface area contributed by atoms with Crippen LogP contribution in [0.2, 0.25) is 5.22 Å². The Bertz CT molecular complexity index is 654. The van der Waals surface area contributed by atoms with E-state index in [0.29, 0.717) is 30.4 Å². The molecule has 1 amide bonds. The number of hydrogen-bond donors (Lipinski definition) is 1. The van der Waals surface area contributed by atoms with E-state index in [1.165, 1.54) is 6.26 Å². The number of carbonyl (C=O) groups is 1. The first-order chi connectivity index (χ1) is 10.7. The predicted molar refractivity (Wildman–Crippen MR) is 78.4 cm³/mol. The number of aromatic amines is 1. The maximum absolute atomic E-state index is 12.7. The summed E-state index contributed by atoms with van der Waals surface area (Å²) in [7, 11) is 1.60. The highest BCUT2D eigenvalue weighted by Gasteiger charge is 2.32. The lowest BCUT2D eigenvalue weighted by Crippen LogP contribution is -2.39. The van der Waals surface area contributed by atoms with Crippen LogP contribution in [0.5, 0.6) is 0 Å². The number of methoxy groups -OCH3 is 1. The molecule has 0 bridgehead atoms. The first-order valence-corrected chi connectivity index (χ1v) is 7.52. The number of nitrogens with zero attached hydrogens (tertiary/aromatic N) is 3. The quantitative estimate of drug-likeness (QED) is 0.934. The molecule has 0 aliphatic carbocycles. The van der Waals surface area contributed by atoms with E-state index < -0.39 is 0 Å². The molecule has 1 saturated heterocycles. The summed E-state index contributed by atoms with van der Waals surface area (Å²) < 4.78 is 10.1.